The molecule has 1 amide bonds. The monoisotopic (exact) mass is 279 g/mol. The number of amides is 1. The zero-order chi connectivity index (χ0) is 15.1. The van der Waals surface area contributed by atoms with Gasteiger partial charge in [0.15, 0.2) is 6.10 Å². The topological polar surface area (TPSA) is 87.8 Å². The fourth-order valence-electron chi connectivity index (χ4n) is 1.40. The SMILES string of the molecule is COc1ccc(OC)c(/C=C/C(=O)O[C@H](C)C(N)=O)c1. The molecule has 0 saturated heterocycles. The molecule has 6 nitrogen and oxygen atoms in total. The Hall–Kier alpha value is -2.50. The molecule has 0 saturated carbocycles. The normalized spacial score (nSPS) is 11.9. The number of methoxy groups -OCH3 is 2. The van der Waals surface area contributed by atoms with E-state index >= 15 is 0 Å². The minimum atomic E-state index is -0.973. The van der Waals surface area contributed by atoms with Crippen LogP contribution in [0.3, 0.4) is 0 Å². The molecule has 2 N–H and O–H groups in total. The Morgan fingerprint density at radius 1 is 1.25 bits per heavy atom. The van der Waals surface area contributed by atoms with Gasteiger partial charge in [-0.05, 0) is 31.2 Å². The number of hydrogen-bond donors (Lipinski definition) is 1. The minimum absolute atomic E-state index is 0.581. The van der Waals surface area contributed by atoms with Gasteiger partial charge >= 0.3 is 5.97 Å². The van der Waals surface area contributed by atoms with E-state index in [0.29, 0.717) is 17.1 Å². The third kappa shape index (κ3) is 4.31. The van der Waals surface area contributed by atoms with Gasteiger partial charge in [-0.2, -0.15) is 0 Å². The highest BCUT2D eigenvalue weighted by Crippen LogP contribution is 2.25. The van der Waals surface area contributed by atoms with Gasteiger partial charge in [-0.25, -0.2) is 4.79 Å². The first-order valence-electron chi connectivity index (χ1n) is 5.88. The summed E-state index contributed by atoms with van der Waals surface area (Å²) in [5.74, 6) is -0.158. The van der Waals surface area contributed by atoms with E-state index in [1.165, 1.54) is 33.3 Å². The van der Waals surface area contributed by atoms with Crippen molar-refractivity contribution in [1.29, 1.82) is 0 Å². The van der Waals surface area contributed by atoms with Crippen LogP contribution in [0.15, 0.2) is 24.3 Å². The number of esters is 1. The van der Waals surface area contributed by atoms with Crippen LogP contribution in [0.2, 0.25) is 0 Å². The van der Waals surface area contributed by atoms with Crippen LogP contribution in [0.25, 0.3) is 6.08 Å². The summed E-state index contributed by atoms with van der Waals surface area (Å²) in [4.78, 5) is 22.3. The first kappa shape index (κ1) is 15.6. The molecule has 1 atom stereocenters. The van der Waals surface area contributed by atoms with Crippen LogP contribution < -0.4 is 15.2 Å². The molecule has 6 heteroatoms. The lowest BCUT2D eigenvalue weighted by Gasteiger charge is -2.08. The Kier molecular flexibility index (Phi) is 5.58. The van der Waals surface area contributed by atoms with E-state index in [1.54, 1.807) is 18.2 Å². The average Bonchev–Trinajstić information content (AvgIpc) is 2.44. The Balaban J connectivity index is 2.83. The summed E-state index contributed by atoms with van der Waals surface area (Å²) in [5.41, 5.74) is 5.65. The molecule has 1 rings (SSSR count). The van der Waals surface area contributed by atoms with Crippen LogP contribution in [0.4, 0.5) is 0 Å². The summed E-state index contributed by atoms with van der Waals surface area (Å²) in [5, 5.41) is 0. The van der Waals surface area contributed by atoms with Crippen LogP contribution in [-0.4, -0.2) is 32.2 Å². The van der Waals surface area contributed by atoms with Gasteiger partial charge < -0.3 is 19.9 Å². The van der Waals surface area contributed by atoms with Crippen molar-refractivity contribution in [3.05, 3.63) is 29.8 Å². The van der Waals surface area contributed by atoms with Gasteiger partial charge in [-0.15, -0.1) is 0 Å². The Morgan fingerprint density at radius 3 is 2.50 bits per heavy atom. The summed E-state index contributed by atoms with van der Waals surface area (Å²) in [7, 11) is 3.06. The lowest BCUT2D eigenvalue weighted by molar-refractivity contribution is -0.148. The number of carbonyl (C=O) groups excluding carboxylic acids is 2. The number of primary amides is 1. The van der Waals surface area contributed by atoms with Gasteiger partial charge in [0, 0.05) is 11.6 Å². The molecule has 0 bridgehead atoms. The van der Waals surface area contributed by atoms with E-state index in [9.17, 15) is 9.59 Å². The Morgan fingerprint density at radius 2 is 1.95 bits per heavy atom. The Labute approximate surface area is 117 Å². The van der Waals surface area contributed by atoms with Crippen molar-refractivity contribution in [2.75, 3.05) is 14.2 Å². The van der Waals surface area contributed by atoms with Gasteiger partial charge in [0.2, 0.25) is 0 Å². The predicted octanol–water partition coefficient (Wildman–Crippen LogP) is 1.13. The second-order valence-electron chi connectivity index (χ2n) is 3.92. The van der Waals surface area contributed by atoms with E-state index in [2.05, 4.69) is 0 Å². The summed E-state index contributed by atoms with van der Waals surface area (Å²) in [6.45, 7) is 1.40. The van der Waals surface area contributed by atoms with Gasteiger partial charge in [0.1, 0.15) is 11.5 Å². The smallest absolute Gasteiger partial charge is 0.331 e. The number of rotatable bonds is 6. The largest absolute Gasteiger partial charge is 0.497 e. The molecule has 1 aromatic rings. The van der Waals surface area contributed by atoms with E-state index in [1.807, 2.05) is 0 Å². The third-order valence-electron chi connectivity index (χ3n) is 2.53. The summed E-state index contributed by atoms with van der Waals surface area (Å²) >= 11 is 0. The molecule has 0 aromatic heterocycles. The molecule has 0 aliphatic carbocycles. The van der Waals surface area contributed by atoms with Crippen molar-refractivity contribution in [3.63, 3.8) is 0 Å². The first-order chi connectivity index (χ1) is 9.47. The van der Waals surface area contributed by atoms with E-state index in [-0.39, 0.29) is 0 Å². The zero-order valence-corrected chi connectivity index (χ0v) is 11.6. The van der Waals surface area contributed by atoms with Gasteiger partial charge in [-0.3, -0.25) is 4.79 Å². The molecule has 0 aliphatic rings. The third-order valence-corrected chi connectivity index (χ3v) is 2.53. The summed E-state index contributed by atoms with van der Waals surface area (Å²) in [6.07, 6.45) is 1.73. The average molecular weight is 279 g/mol. The zero-order valence-electron chi connectivity index (χ0n) is 11.6. The lowest BCUT2D eigenvalue weighted by atomic mass is 10.1. The Bertz CT molecular complexity index is 524. The maximum Gasteiger partial charge on any atom is 0.331 e. The fraction of sp³-hybridized carbons (Fsp3) is 0.286. The van der Waals surface area contributed by atoms with Crippen molar-refractivity contribution in [3.8, 4) is 11.5 Å². The van der Waals surface area contributed by atoms with E-state index in [4.69, 9.17) is 19.9 Å². The van der Waals surface area contributed by atoms with Crippen molar-refractivity contribution < 1.29 is 23.8 Å². The number of carbonyl (C=O) groups is 2. The van der Waals surface area contributed by atoms with Crippen LogP contribution >= 0.6 is 0 Å². The fourth-order valence-corrected chi connectivity index (χ4v) is 1.40. The molecule has 108 valence electrons. The maximum absolute atomic E-state index is 11.5. The molecule has 0 heterocycles. The van der Waals surface area contributed by atoms with E-state index < -0.39 is 18.0 Å². The first-order valence-corrected chi connectivity index (χ1v) is 5.88. The summed E-state index contributed by atoms with van der Waals surface area (Å²) in [6, 6.07) is 5.17. The van der Waals surface area contributed by atoms with Crippen LogP contribution in [0, 0.1) is 0 Å². The quantitative estimate of drug-likeness (QED) is 0.623. The summed E-state index contributed by atoms with van der Waals surface area (Å²) < 4.78 is 15.0. The van der Waals surface area contributed by atoms with Crippen molar-refractivity contribution in [2.45, 2.75) is 13.0 Å². The molecule has 0 radical (unpaired) electrons. The molecule has 0 spiro atoms. The van der Waals surface area contributed by atoms with Crippen molar-refractivity contribution >= 4 is 18.0 Å². The van der Waals surface area contributed by atoms with Crippen molar-refractivity contribution in [2.24, 2.45) is 5.73 Å². The second kappa shape index (κ2) is 7.18. The number of nitrogens with two attached hydrogens (primary N) is 1. The van der Waals surface area contributed by atoms with Gasteiger partial charge in [0.05, 0.1) is 14.2 Å². The highest BCUT2D eigenvalue weighted by atomic mass is 16.5. The molecule has 0 aliphatic heterocycles. The highest BCUT2D eigenvalue weighted by molar-refractivity contribution is 5.90. The lowest BCUT2D eigenvalue weighted by Crippen LogP contribution is -2.29. The number of hydrogen-bond acceptors (Lipinski definition) is 5. The van der Waals surface area contributed by atoms with Crippen LogP contribution in [0.5, 0.6) is 11.5 Å². The highest BCUT2D eigenvalue weighted by Gasteiger charge is 2.12. The second-order valence-corrected chi connectivity index (χ2v) is 3.92. The maximum atomic E-state index is 11.5. The van der Waals surface area contributed by atoms with E-state index in [0.717, 1.165) is 0 Å². The van der Waals surface area contributed by atoms with Crippen LogP contribution in [0.1, 0.15) is 12.5 Å². The number of benzene rings is 1. The predicted molar refractivity (Wildman–Crippen MR) is 73.3 cm³/mol. The molecular weight excluding hydrogens is 262 g/mol. The minimum Gasteiger partial charge on any atom is -0.497 e. The van der Waals surface area contributed by atoms with Gasteiger partial charge in [0.25, 0.3) is 5.91 Å². The van der Waals surface area contributed by atoms with Gasteiger partial charge in [-0.1, -0.05) is 0 Å². The number of ether oxygens (including phenoxy) is 3. The standard InChI is InChI=1S/C14H17NO5/c1-9(14(15)17)20-13(16)7-4-10-8-11(18-2)5-6-12(10)19-3/h4-9H,1-3H3,(H2,15,17)/b7-4+/t9-/m1/s1. The molecule has 1 aromatic carbocycles. The molecule has 0 unspecified atom stereocenters. The molecular formula is C14H17NO5. The molecule has 0 fully saturated rings. The van der Waals surface area contributed by atoms with Crippen LogP contribution in [-0.2, 0) is 14.3 Å². The van der Waals surface area contributed by atoms with Crippen molar-refractivity contribution in [1.82, 2.24) is 0 Å². The molecule has 20 heavy (non-hydrogen) atoms.